The fourth-order valence-corrected chi connectivity index (χ4v) is 3.07. The van der Waals surface area contributed by atoms with Gasteiger partial charge in [0, 0.05) is 6.42 Å². The van der Waals surface area contributed by atoms with Gasteiger partial charge in [-0.05, 0) is 45.1 Å². The van der Waals surface area contributed by atoms with Gasteiger partial charge in [-0.25, -0.2) is 0 Å². The fraction of sp³-hybridized carbons (Fsp3) is 0.529. The van der Waals surface area contributed by atoms with Crippen molar-refractivity contribution in [3.63, 3.8) is 0 Å². The smallest absolute Gasteiger partial charge is 0.305 e. The third kappa shape index (κ3) is 4.31. The van der Waals surface area contributed by atoms with Crippen molar-refractivity contribution in [2.24, 2.45) is 0 Å². The minimum Gasteiger partial charge on any atom is -0.481 e. The minimum atomic E-state index is -0.843. The quantitative estimate of drug-likeness (QED) is 0.846. The number of rotatable bonds is 6. The lowest BCUT2D eigenvalue weighted by Gasteiger charge is -2.41. The molecule has 114 valence electrons. The normalized spacial score (nSPS) is 16.1. The number of carbonyl (C=O) groups is 2. The Morgan fingerprint density at radius 2 is 1.81 bits per heavy atom. The molecule has 0 radical (unpaired) electrons. The third-order valence-corrected chi connectivity index (χ3v) is 4.13. The van der Waals surface area contributed by atoms with E-state index in [4.69, 9.17) is 5.11 Å². The second-order valence-corrected chi connectivity index (χ2v) is 6.25. The van der Waals surface area contributed by atoms with Gasteiger partial charge in [-0.3, -0.25) is 9.59 Å². The van der Waals surface area contributed by atoms with E-state index >= 15 is 0 Å². The van der Waals surface area contributed by atoms with Gasteiger partial charge in [-0.2, -0.15) is 0 Å². The Labute approximate surface area is 125 Å². The van der Waals surface area contributed by atoms with Gasteiger partial charge < -0.3 is 10.4 Å². The van der Waals surface area contributed by atoms with Crippen LogP contribution >= 0.6 is 0 Å². The molecule has 0 heterocycles. The van der Waals surface area contributed by atoms with Crippen molar-refractivity contribution in [3.8, 4) is 0 Å². The van der Waals surface area contributed by atoms with Crippen molar-refractivity contribution in [1.82, 2.24) is 5.32 Å². The monoisotopic (exact) mass is 289 g/mol. The Balaban J connectivity index is 1.88. The number of amides is 1. The zero-order valence-corrected chi connectivity index (χ0v) is 12.7. The number of benzene rings is 1. The molecule has 1 saturated carbocycles. The van der Waals surface area contributed by atoms with Crippen molar-refractivity contribution in [3.05, 3.63) is 34.9 Å². The van der Waals surface area contributed by atoms with Gasteiger partial charge in [0.05, 0.1) is 12.0 Å². The number of nitrogens with one attached hydrogen (secondary N) is 1. The number of carboxylic acid groups (broad SMARTS) is 1. The first-order chi connectivity index (χ1) is 9.88. The molecule has 1 aromatic rings. The lowest BCUT2D eigenvalue weighted by Crippen LogP contribution is -2.54. The molecule has 0 atom stereocenters. The van der Waals surface area contributed by atoms with Crippen LogP contribution < -0.4 is 5.32 Å². The van der Waals surface area contributed by atoms with E-state index in [-0.39, 0.29) is 12.3 Å². The molecular weight excluding hydrogens is 266 g/mol. The van der Waals surface area contributed by atoms with Crippen molar-refractivity contribution >= 4 is 11.9 Å². The van der Waals surface area contributed by atoms with Crippen molar-refractivity contribution in [1.29, 1.82) is 0 Å². The highest BCUT2D eigenvalue weighted by molar-refractivity contribution is 5.78. The van der Waals surface area contributed by atoms with Gasteiger partial charge in [-0.15, -0.1) is 0 Å². The molecule has 0 unspecified atom stereocenters. The van der Waals surface area contributed by atoms with Crippen molar-refractivity contribution < 1.29 is 14.7 Å². The fourth-order valence-electron chi connectivity index (χ4n) is 3.07. The highest BCUT2D eigenvalue weighted by atomic mass is 16.4. The van der Waals surface area contributed by atoms with Gasteiger partial charge in [0.1, 0.15) is 0 Å². The summed E-state index contributed by atoms with van der Waals surface area (Å²) in [7, 11) is 0. The van der Waals surface area contributed by atoms with Gasteiger partial charge in [0.2, 0.25) is 5.91 Å². The van der Waals surface area contributed by atoms with E-state index in [1.54, 1.807) is 0 Å². The maximum absolute atomic E-state index is 12.1. The molecule has 0 spiro atoms. The van der Waals surface area contributed by atoms with Crippen LogP contribution in [0.3, 0.4) is 0 Å². The van der Waals surface area contributed by atoms with Crippen LogP contribution in [0.25, 0.3) is 0 Å². The Kier molecular flexibility index (Phi) is 4.66. The van der Waals surface area contributed by atoms with E-state index in [0.717, 1.165) is 24.8 Å². The first kappa shape index (κ1) is 15.5. The second kappa shape index (κ2) is 6.29. The number of aryl methyl sites for hydroxylation is 3. The molecule has 1 aromatic carbocycles. The molecule has 4 nitrogen and oxygen atoms in total. The van der Waals surface area contributed by atoms with Crippen LogP contribution in [0.4, 0.5) is 0 Å². The van der Waals surface area contributed by atoms with E-state index < -0.39 is 11.5 Å². The third-order valence-electron chi connectivity index (χ3n) is 4.13. The molecule has 2 N–H and O–H groups in total. The van der Waals surface area contributed by atoms with Crippen LogP contribution in [-0.2, 0) is 16.0 Å². The summed E-state index contributed by atoms with van der Waals surface area (Å²) in [4.78, 5) is 23.0. The molecule has 1 aliphatic rings. The molecular formula is C17H23NO3. The molecule has 0 aromatic heterocycles. The van der Waals surface area contributed by atoms with Crippen LogP contribution in [0, 0.1) is 13.8 Å². The average Bonchev–Trinajstić information content (AvgIpc) is 2.32. The number of carbonyl (C=O) groups excluding carboxylic acids is 1. The van der Waals surface area contributed by atoms with Crippen LogP contribution in [0.5, 0.6) is 0 Å². The summed E-state index contributed by atoms with van der Waals surface area (Å²) in [6, 6.07) is 6.30. The standard InChI is InChI=1S/C17H23NO3/c1-12-8-13(2)10-14(9-12)4-5-15(19)18-17(6-3-7-17)11-16(20)21/h8-10H,3-7,11H2,1-2H3,(H,18,19)(H,20,21). The Morgan fingerprint density at radius 3 is 2.29 bits per heavy atom. The lowest BCUT2D eigenvalue weighted by atomic mass is 9.74. The SMILES string of the molecule is Cc1cc(C)cc(CCC(=O)NC2(CC(=O)O)CCC2)c1. The zero-order valence-electron chi connectivity index (χ0n) is 12.7. The van der Waals surface area contributed by atoms with Crippen LogP contribution in [-0.4, -0.2) is 22.5 Å². The molecule has 0 aliphatic heterocycles. The summed E-state index contributed by atoms with van der Waals surface area (Å²) < 4.78 is 0. The minimum absolute atomic E-state index is 0.0301. The first-order valence-electron chi connectivity index (χ1n) is 7.49. The van der Waals surface area contributed by atoms with E-state index in [2.05, 4.69) is 23.5 Å². The molecule has 4 heteroatoms. The predicted octanol–water partition coefficient (Wildman–Crippen LogP) is 2.75. The van der Waals surface area contributed by atoms with Gasteiger partial charge in [0.25, 0.3) is 0 Å². The van der Waals surface area contributed by atoms with E-state index in [1.807, 2.05) is 13.8 Å². The van der Waals surface area contributed by atoms with E-state index in [1.165, 1.54) is 11.1 Å². The second-order valence-electron chi connectivity index (χ2n) is 6.25. The number of carboxylic acids is 1. The summed E-state index contributed by atoms with van der Waals surface area (Å²) in [5.41, 5.74) is 3.06. The van der Waals surface area contributed by atoms with Crippen molar-refractivity contribution in [2.75, 3.05) is 0 Å². The molecule has 0 saturated heterocycles. The predicted molar refractivity (Wildman–Crippen MR) is 81.2 cm³/mol. The molecule has 1 amide bonds. The van der Waals surface area contributed by atoms with Crippen LogP contribution in [0.2, 0.25) is 0 Å². The number of hydrogen-bond donors (Lipinski definition) is 2. The number of hydrogen-bond acceptors (Lipinski definition) is 2. The maximum atomic E-state index is 12.1. The van der Waals surface area contributed by atoms with Crippen LogP contribution in [0.15, 0.2) is 18.2 Å². The molecule has 2 rings (SSSR count). The van der Waals surface area contributed by atoms with Crippen LogP contribution in [0.1, 0.15) is 48.8 Å². The van der Waals surface area contributed by atoms with E-state index in [0.29, 0.717) is 12.8 Å². The number of aliphatic carboxylic acids is 1. The highest BCUT2D eigenvalue weighted by Gasteiger charge is 2.40. The summed E-state index contributed by atoms with van der Waals surface area (Å²) in [6.07, 6.45) is 3.66. The first-order valence-corrected chi connectivity index (χ1v) is 7.49. The summed E-state index contributed by atoms with van der Waals surface area (Å²) in [5, 5.41) is 11.9. The van der Waals surface area contributed by atoms with Gasteiger partial charge in [0.15, 0.2) is 0 Å². The summed E-state index contributed by atoms with van der Waals surface area (Å²) >= 11 is 0. The summed E-state index contributed by atoms with van der Waals surface area (Å²) in [5.74, 6) is -0.889. The van der Waals surface area contributed by atoms with Crippen molar-refractivity contribution in [2.45, 2.75) is 57.9 Å². The maximum Gasteiger partial charge on any atom is 0.305 e. The summed E-state index contributed by atoms with van der Waals surface area (Å²) in [6.45, 7) is 4.10. The van der Waals surface area contributed by atoms with Gasteiger partial charge >= 0.3 is 5.97 Å². The molecule has 21 heavy (non-hydrogen) atoms. The average molecular weight is 289 g/mol. The van der Waals surface area contributed by atoms with Gasteiger partial charge in [-0.1, -0.05) is 29.3 Å². The highest BCUT2D eigenvalue weighted by Crippen LogP contribution is 2.35. The topological polar surface area (TPSA) is 66.4 Å². The molecule has 0 bridgehead atoms. The Morgan fingerprint density at radius 1 is 1.19 bits per heavy atom. The Bertz CT molecular complexity index is 527. The molecule has 1 fully saturated rings. The lowest BCUT2D eigenvalue weighted by molar-refractivity contribution is -0.140. The zero-order chi connectivity index (χ0) is 15.5. The molecule has 1 aliphatic carbocycles. The Hall–Kier alpha value is -1.84. The van der Waals surface area contributed by atoms with E-state index in [9.17, 15) is 9.59 Å². The largest absolute Gasteiger partial charge is 0.481 e.